The van der Waals surface area contributed by atoms with Crippen molar-refractivity contribution in [3.8, 4) is 0 Å². The number of anilines is 1. The van der Waals surface area contributed by atoms with Crippen molar-refractivity contribution >= 4 is 36.0 Å². The minimum absolute atomic E-state index is 0. The molecule has 0 aliphatic heterocycles. The third-order valence-corrected chi connectivity index (χ3v) is 2.96. The van der Waals surface area contributed by atoms with Gasteiger partial charge in [0.25, 0.3) is 0 Å². The van der Waals surface area contributed by atoms with Crippen LogP contribution in [-0.2, 0) is 4.79 Å². The van der Waals surface area contributed by atoms with Crippen molar-refractivity contribution in [2.45, 2.75) is 12.8 Å². The number of carbonyl (C=O) groups is 1. The SMILES string of the molecule is Cl.O=C(O)CCC(=C/Nc1ccccc1)/C=N/c1ccccc1. The Morgan fingerprint density at radius 3 is 2.22 bits per heavy atom. The zero-order valence-electron chi connectivity index (χ0n) is 12.6. The molecule has 2 N–H and O–H groups in total. The van der Waals surface area contributed by atoms with Crippen LogP contribution in [0.15, 0.2) is 77.4 Å². The van der Waals surface area contributed by atoms with Crippen LogP contribution < -0.4 is 5.32 Å². The zero-order valence-corrected chi connectivity index (χ0v) is 13.4. The third-order valence-electron chi connectivity index (χ3n) is 2.96. The van der Waals surface area contributed by atoms with E-state index in [1.54, 1.807) is 12.4 Å². The van der Waals surface area contributed by atoms with Gasteiger partial charge in [-0.1, -0.05) is 36.4 Å². The molecule has 120 valence electrons. The first-order valence-electron chi connectivity index (χ1n) is 7.05. The molecule has 0 saturated heterocycles. The predicted octanol–water partition coefficient (Wildman–Crippen LogP) is 4.67. The normalized spacial score (nSPS) is 11.0. The van der Waals surface area contributed by atoms with Gasteiger partial charge in [0.15, 0.2) is 0 Å². The van der Waals surface area contributed by atoms with Crippen molar-refractivity contribution in [3.63, 3.8) is 0 Å². The first-order chi connectivity index (χ1) is 10.7. The molecule has 0 amide bonds. The molecule has 4 nitrogen and oxygen atoms in total. The van der Waals surface area contributed by atoms with E-state index in [0.29, 0.717) is 6.42 Å². The summed E-state index contributed by atoms with van der Waals surface area (Å²) in [6.07, 6.45) is 3.99. The fourth-order valence-corrected chi connectivity index (χ4v) is 1.81. The first kappa shape index (κ1) is 18.5. The number of carboxylic acids is 1. The summed E-state index contributed by atoms with van der Waals surface area (Å²) < 4.78 is 0. The number of para-hydroxylation sites is 2. The minimum atomic E-state index is -0.821. The van der Waals surface area contributed by atoms with Crippen molar-refractivity contribution in [1.82, 2.24) is 0 Å². The van der Waals surface area contributed by atoms with Gasteiger partial charge >= 0.3 is 5.97 Å². The summed E-state index contributed by atoms with van der Waals surface area (Å²) >= 11 is 0. The van der Waals surface area contributed by atoms with Gasteiger partial charge in [0.05, 0.1) is 5.69 Å². The number of aliphatic imine (C=N–C) groups is 1. The molecule has 2 aromatic carbocycles. The second kappa shape index (κ2) is 10.2. The van der Waals surface area contributed by atoms with Crippen LogP contribution in [0, 0.1) is 0 Å². The topological polar surface area (TPSA) is 61.7 Å². The van der Waals surface area contributed by atoms with E-state index < -0.39 is 5.97 Å². The minimum Gasteiger partial charge on any atom is -0.481 e. The molecule has 23 heavy (non-hydrogen) atoms. The van der Waals surface area contributed by atoms with Crippen LogP contribution in [0.2, 0.25) is 0 Å². The lowest BCUT2D eigenvalue weighted by molar-refractivity contribution is -0.136. The second-order valence-electron chi connectivity index (χ2n) is 4.72. The summed E-state index contributed by atoms with van der Waals surface area (Å²) in [5.41, 5.74) is 2.61. The average molecular weight is 331 g/mol. The van der Waals surface area contributed by atoms with Gasteiger partial charge < -0.3 is 10.4 Å². The van der Waals surface area contributed by atoms with Crippen LogP contribution in [0.5, 0.6) is 0 Å². The zero-order chi connectivity index (χ0) is 15.6. The third kappa shape index (κ3) is 7.29. The summed E-state index contributed by atoms with van der Waals surface area (Å²) in [5.74, 6) is -0.821. The quantitative estimate of drug-likeness (QED) is 0.725. The maximum Gasteiger partial charge on any atom is 0.303 e. The summed E-state index contributed by atoms with van der Waals surface area (Å²) in [4.78, 5) is 15.1. The number of carboxylic acid groups (broad SMARTS) is 1. The molecule has 0 bridgehead atoms. The number of rotatable bonds is 7. The summed E-state index contributed by atoms with van der Waals surface area (Å²) in [6, 6.07) is 19.3. The molecule has 5 heteroatoms. The van der Waals surface area contributed by atoms with Crippen molar-refractivity contribution in [2.75, 3.05) is 5.32 Å². The highest BCUT2D eigenvalue weighted by Crippen LogP contribution is 2.12. The van der Waals surface area contributed by atoms with Gasteiger partial charge in [-0.2, -0.15) is 0 Å². The van der Waals surface area contributed by atoms with Crippen molar-refractivity contribution in [1.29, 1.82) is 0 Å². The monoisotopic (exact) mass is 330 g/mol. The van der Waals surface area contributed by atoms with Gasteiger partial charge in [-0.15, -0.1) is 12.4 Å². The van der Waals surface area contributed by atoms with Crippen LogP contribution >= 0.6 is 12.4 Å². The number of halogens is 1. The van der Waals surface area contributed by atoms with Crippen molar-refractivity contribution in [3.05, 3.63) is 72.4 Å². The summed E-state index contributed by atoms with van der Waals surface area (Å²) in [7, 11) is 0. The Morgan fingerprint density at radius 2 is 1.61 bits per heavy atom. The highest BCUT2D eigenvalue weighted by Gasteiger charge is 2.00. The Labute approximate surface area is 142 Å². The van der Waals surface area contributed by atoms with E-state index in [0.717, 1.165) is 16.9 Å². The predicted molar refractivity (Wildman–Crippen MR) is 96.9 cm³/mol. The van der Waals surface area contributed by atoms with Crippen LogP contribution in [0.4, 0.5) is 11.4 Å². The number of nitrogens with one attached hydrogen (secondary N) is 1. The lowest BCUT2D eigenvalue weighted by atomic mass is 10.1. The van der Waals surface area contributed by atoms with E-state index in [2.05, 4.69) is 10.3 Å². The van der Waals surface area contributed by atoms with E-state index in [9.17, 15) is 4.79 Å². The van der Waals surface area contributed by atoms with Crippen LogP contribution in [0.1, 0.15) is 12.8 Å². The number of hydrogen-bond acceptors (Lipinski definition) is 3. The van der Waals surface area contributed by atoms with Crippen molar-refractivity contribution in [2.24, 2.45) is 4.99 Å². The van der Waals surface area contributed by atoms with E-state index >= 15 is 0 Å². The second-order valence-corrected chi connectivity index (χ2v) is 4.72. The average Bonchev–Trinajstić information content (AvgIpc) is 2.56. The maximum atomic E-state index is 10.8. The van der Waals surface area contributed by atoms with E-state index in [-0.39, 0.29) is 18.8 Å². The molecular weight excluding hydrogens is 312 g/mol. The lowest BCUT2D eigenvalue weighted by Gasteiger charge is -2.03. The fourth-order valence-electron chi connectivity index (χ4n) is 1.81. The van der Waals surface area contributed by atoms with E-state index in [1.165, 1.54) is 0 Å². The fraction of sp³-hybridized carbons (Fsp3) is 0.111. The number of hydrogen-bond donors (Lipinski definition) is 2. The van der Waals surface area contributed by atoms with E-state index in [4.69, 9.17) is 5.11 Å². The van der Waals surface area contributed by atoms with Gasteiger partial charge in [-0.25, -0.2) is 0 Å². The molecule has 0 saturated carbocycles. The molecule has 0 spiro atoms. The van der Waals surface area contributed by atoms with Gasteiger partial charge in [-0.3, -0.25) is 9.79 Å². The molecule has 0 aliphatic rings. The van der Waals surface area contributed by atoms with Gasteiger partial charge in [-0.05, 0) is 36.3 Å². The van der Waals surface area contributed by atoms with Gasteiger partial charge in [0.2, 0.25) is 0 Å². The summed E-state index contributed by atoms with van der Waals surface area (Å²) in [5, 5.41) is 12.0. The van der Waals surface area contributed by atoms with Gasteiger partial charge in [0.1, 0.15) is 0 Å². The number of benzene rings is 2. The Kier molecular flexibility index (Phi) is 8.18. The molecule has 0 radical (unpaired) electrons. The van der Waals surface area contributed by atoms with Crippen LogP contribution in [0.3, 0.4) is 0 Å². The Bertz CT molecular complexity index is 655. The molecule has 0 aromatic heterocycles. The lowest BCUT2D eigenvalue weighted by Crippen LogP contribution is -1.99. The largest absolute Gasteiger partial charge is 0.481 e. The molecular formula is C18H19ClN2O2. The molecule has 2 aromatic rings. The smallest absolute Gasteiger partial charge is 0.303 e. The number of allylic oxidation sites excluding steroid dienone is 1. The molecule has 0 atom stereocenters. The number of aliphatic carboxylic acids is 1. The van der Waals surface area contributed by atoms with Crippen LogP contribution in [0.25, 0.3) is 0 Å². The summed E-state index contributed by atoms with van der Waals surface area (Å²) in [6.45, 7) is 0. The molecule has 0 heterocycles. The van der Waals surface area contributed by atoms with Crippen molar-refractivity contribution < 1.29 is 9.90 Å². The maximum absolute atomic E-state index is 10.8. The molecule has 2 rings (SSSR count). The Balaban J connectivity index is 0.00000264. The Morgan fingerprint density at radius 1 is 1.00 bits per heavy atom. The molecule has 0 fully saturated rings. The highest BCUT2D eigenvalue weighted by molar-refractivity contribution is 5.85. The Hall–Kier alpha value is -2.59. The highest BCUT2D eigenvalue weighted by atomic mass is 35.5. The molecule has 0 unspecified atom stereocenters. The van der Waals surface area contributed by atoms with Gasteiger partial charge in [0, 0.05) is 24.5 Å². The van der Waals surface area contributed by atoms with Crippen LogP contribution in [-0.4, -0.2) is 17.3 Å². The number of nitrogens with zero attached hydrogens (tertiary/aromatic N) is 1. The standard InChI is InChI=1S/C18H18N2O2.ClH/c21-18(22)12-11-15(13-19-16-7-3-1-4-8-16)14-20-17-9-5-2-6-10-17;/h1-10,13-14,19H,11-12H2,(H,21,22);1H/b15-13-,20-14+;. The van der Waals surface area contributed by atoms with E-state index in [1.807, 2.05) is 60.7 Å². The first-order valence-corrected chi connectivity index (χ1v) is 7.05. The molecule has 0 aliphatic carbocycles.